The molecule has 12 heavy (non-hydrogen) atoms. The largest absolute Gasteiger partial charge is 0.307 e. The summed E-state index contributed by atoms with van der Waals surface area (Å²) >= 11 is 0. The summed E-state index contributed by atoms with van der Waals surface area (Å²) in [5.74, 6) is 0.245. The number of hydrogen-bond donors (Lipinski definition) is 1. The van der Waals surface area contributed by atoms with Gasteiger partial charge in [-0.3, -0.25) is 4.79 Å². The molecule has 2 heteroatoms. The van der Waals surface area contributed by atoms with E-state index in [0.29, 0.717) is 0 Å². The van der Waals surface area contributed by atoms with Gasteiger partial charge >= 0.3 is 0 Å². The average Bonchev–Trinajstić information content (AvgIpc) is 2.05. The number of allylic oxidation sites excluding steroid dienone is 1. The molecule has 0 aromatic carbocycles. The fourth-order valence-corrected chi connectivity index (χ4v) is 1.48. The monoisotopic (exact) mass is 167 g/mol. The Bertz CT molecular complexity index is 186. The van der Waals surface area contributed by atoms with Crippen LogP contribution in [0, 0.1) is 0 Å². The molecule has 1 fully saturated rings. The van der Waals surface area contributed by atoms with E-state index in [1.165, 1.54) is 12.8 Å². The van der Waals surface area contributed by atoms with Gasteiger partial charge in [0.05, 0.1) is 6.04 Å². The Morgan fingerprint density at radius 2 is 2.17 bits per heavy atom. The van der Waals surface area contributed by atoms with Crippen LogP contribution in [-0.4, -0.2) is 18.4 Å². The van der Waals surface area contributed by atoms with Gasteiger partial charge in [-0.15, -0.1) is 0 Å². The van der Waals surface area contributed by atoms with E-state index in [-0.39, 0.29) is 11.8 Å². The van der Waals surface area contributed by atoms with Crippen molar-refractivity contribution in [1.29, 1.82) is 0 Å². The highest BCUT2D eigenvalue weighted by Gasteiger charge is 2.17. The van der Waals surface area contributed by atoms with Gasteiger partial charge in [0, 0.05) is 0 Å². The fourth-order valence-electron chi connectivity index (χ4n) is 1.48. The lowest BCUT2D eigenvalue weighted by molar-refractivity contribution is -0.117. The van der Waals surface area contributed by atoms with Crippen molar-refractivity contribution >= 4 is 5.78 Å². The van der Waals surface area contributed by atoms with Crippen LogP contribution >= 0.6 is 0 Å². The van der Waals surface area contributed by atoms with E-state index in [1.807, 2.05) is 13.8 Å². The number of nitrogens with one attached hydrogen (secondary N) is 1. The van der Waals surface area contributed by atoms with Crippen LogP contribution in [0.25, 0.3) is 0 Å². The molecule has 1 aliphatic heterocycles. The molecular formula is C10H17NO. The minimum Gasteiger partial charge on any atom is -0.307 e. The zero-order valence-electron chi connectivity index (χ0n) is 7.89. The van der Waals surface area contributed by atoms with Crippen molar-refractivity contribution in [1.82, 2.24) is 5.32 Å². The standard InChI is InChI=1S/C10H17NO/c1-8(2)7-10(12)9-5-3-4-6-11-9/h7,9,11H,3-6H2,1-2H3. The average molecular weight is 167 g/mol. The molecule has 1 unspecified atom stereocenters. The molecule has 1 atom stereocenters. The first-order valence-electron chi connectivity index (χ1n) is 4.62. The Morgan fingerprint density at radius 3 is 2.67 bits per heavy atom. The van der Waals surface area contributed by atoms with Crippen molar-refractivity contribution in [2.24, 2.45) is 0 Å². The number of carbonyl (C=O) groups excluding carboxylic acids is 1. The molecule has 0 radical (unpaired) electrons. The smallest absolute Gasteiger partial charge is 0.172 e. The predicted molar refractivity (Wildman–Crippen MR) is 50.1 cm³/mol. The third-order valence-corrected chi connectivity index (χ3v) is 2.08. The van der Waals surface area contributed by atoms with Crippen LogP contribution in [-0.2, 0) is 4.79 Å². The number of ketones is 1. The lowest BCUT2D eigenvalue weighted by Crippen LogP contribution is -2.39. The Balaban J connectivity index is 2.45. The normalized spacial score (nSPS) is 23.3. The van der Waals surface area contributed by atoms with E-state index in [9.17, 15) is 4.79 Å². The summed E-state index contributed by atoms with van der Waals surface area (Å²) in [6.45, 7) is 4.91. The SMILES string of the molecule is CC(C)=CC(=O)C1CCCCN1. The highest BCUT2D eigenvalue weighted by Crippen LogP contribution is 2.08. The molecule has 1 aliphatic rings. The molecule has 1 heterocycles. The van der Waals surface area contributed by atoms with Gasteiger partial charge in [-0.2, -0.15) is 0 Å². The van der Waals surface area contributed by atoms with Gasteiger partial charge in [0.1, 0.15) is 0 Å². The summed E-state index contributed by atoms with van der Waals surface area (Å²) in [5.41, 5.74) is 1.09. The summed E-state index contributed by atoms with van der Waals surface area (Å²) in [4.78, 5) is 11.5. The van der Waals surface area contributed by atoms with Gasteiger partial charge in [-0.05, 0) is 39.3 Å². The van der Waals surface area contributed by atoms with Crippen LogP contribution in [0.15, 0.2) is 11.6 Å². The van der Waals surface area contributed by atoms with Crippen molar-refractivity contribution in [3.05, 3.63) is 11.6 Å². The van der Waals surface area contributed by atoms with Gasteiger partial charge < -0.3 is 5.32 Å². The zero-order valence-corrected chi connectivity index (χ0v) is 7.89. The molecule has 1 saturated heterocycles. The van der Waals surface area contributed by atoms with Gasteiger partial charge in [0.2, 0.25) is 0 Å². The molecule has 0 spiro atoms. The van der Waals surface area contributed by atoms with E-state index in [2.05, 4.69) is 5.32 Å². The van der Waals surface area contributed by atoms with E-state index in [0.717, 1.165) is 18.5 Å². The summed E-state index contributed by atoms with van der Waals surface area (Å²) in [5, 5.41) is 3.23. The molecule has 0 bridgehead atoms. The van der Waals surface area contributed by atoms with E-state index in [4.69, 9.17) is 0 Å². The highest BCUT2D eigenvalue weighted by molar-refractivity contribution is 5.94. The highest BCUT2D eigenvalue weighted by atomic mass is 16.1. The lowest BCUT2D eigenvalue weighted by atomic mass is 10.00. The third kappa shape index (κ3) is 2.78. The molecule has 0 aromatic heterocycles. The first kappa shape index (κ1) is 9.46. The van der Waals surface area contributed by atoms with E-state index < -0.39 is 0 Å². The first-order chi connectivity index (χ1) is 5.70. The predicted octanol–water partition coefficient (Wildman–Crippen LogP) is 1.66. The van der Waals surface area contributed by atoms with Crippen molar-refractivity contribution in [2.75, 3.05) is 6.54 Å². The van der Waals surface area contributed by atoms with Crippen LogP contribution < -0.4 is 5.32 Å². The maximum Gasteiger partial charge on any atom is 0.172 e. The maximum absolute atomic E-state index is 11.5. The molecule has 1 rings (SSSR count). The van der Waals surface area contributed by atoms with Crippen molar-refractivity contribution in [3.63, 3.8) is 0 Å². The van der Waals surface area contributed by atoms with E-state index >= 15 is 0 Å². The molecule has 0 amide bonds. The first-order valence-corrected chi connectivity index (χ1v) is 4.62. The lowest BCUT2D eigenvalue weighted by Gasteiger charge is -2.20. The minimum atomic E-state index is 0.0913. The van der Waals surface area contributed by atoms with Crippen molar-refractivity contribution in [2.45, 2.75) is 39.2 Å². The van der Waals surface area contributed by atoms with Crippen molar-refractivity contribution < 1.29 is 4.79 Å². The molecule has 0 aliphatic carbocycles. The quantitative estimate of drug-likeness (QED) is 0.634. The molecule has 0 saturated carbocycles. The number of carbonyl (C=O) groups is 1. The van der Waals surface area contributed by atoms with E-state index in [1.54, 1.807) is 6.08 Å². The molecule has 1 N–H and O–H groups in total. The molecular weight excluding hydrogens is 150 g/mol. The molecule has 2 nitrogen and oxygen atoms in total. The summed E-state index contributed by atoms with van der Waals surface area (Å²) in [7, 11) is 0. The van der Waals surface area contributed by atoms with Crippen molar-refractivity contribution in [3.8, 4) is 0 Å². The van der Waals surface area contributed by atoms with Gasteiger partial charge in [0.25, 0.3) is 0 Å². The second kappa shape index (κ2) is 4.41. The number of rotatable bonds is 2. The topological polar surface area (TPSA) is 29.1 Å². The van der Waals surface area contributed by atoms with Crippen LogP contribution in [0.3, 0.4) is 0 Å². The number of hydrogen-bond acceptors (Lipinski definition) is 2. The van der Waals surface area contributed by atoms with Gasteiger partial charge in [0.15, 0.2) is 5.78 Å². The molecule has 68 valence electrons. The summed E-state index contributed by atoms with van der Waals surface area (Å²) in [6.07, 6.45) is 5.13. The van der Waals surface area contributed by atoms with Crippen LogP contribution in [0.1, 0.15) is 33.1 Å². The Labute approximate surface area is 74.0 Å². The Kier molecular flexibility index (Phi) is 3.48. The Hall–Kier alpha value is -0.630. The van der Waals surface area contributed by atoms with Crippen LogP contribution in [0.2, 0.25) is 0 Å². The van der Waals surface area contributed by atoms with Gasteiger partial charge in [-0.25, -0.2) is 0 Å². The fraction of sp³-hybridized carbons (Fsp3) is 0.700. The third-order valence-electron chi connectivity index (χ3n) is 2.08. The van der Waals surface area contributed by atoms with Crippen LogP contribution in [0.5, 0.6) is 0 Å². The second-order valence-electron chi connectivity index (χ2n) is 3.63. The second-order valence-corrected chi connectivity index (χ2v) is 3.63. The molecule has 0 aromatic rings. The minimum absolute atomic E-state index is 0.0913. The Morgan fingerprint density at radius 1 is 1.42 bits per heavy atom. The zero-order chi connectivity index (χ0) is 8.97. The summed E-state index contributed by atoms with van der Waals surface area (Å²) in [6, 6.07) is 0.0913. The maximum atomic E-state index is 11.5. The summed E-state index contributed by atoms with van der Waals surface area (Å²) < 4.78 is 0. The van der Waals surface area contributed by atoms with Gasteiger partial charge in [-0.1, -0.05) is 12.0 Å². The number of piperidine rings is 1. The van der Waals surface area contributed by atoms with Crippen LogP contribution in [0.4, 0.5) is 0 Å².